The molecule has 0 bridgehead atoms. The summed E-state index contributed by atoms with van der Waals surface area (Å²) in [6.45, 7) is 2.67. The molecule has 272 valence electrons. The summed E-state index contributed by atoms with van der Waals surface area (Å²) in [5, 5.41) is 32.9. The first-order valence-corrected chi connectivity index (χ1v) is 17.2. The predicted octanol–water partition coefficient (Wildman–Crippen LogP) is 4.90. The summed E-state index contributed by atoms with van der Waals surface area (Å²) in [5.41, 5.74) is 3.93. The Bertz CT molecular complexity index is 1850. The van der Waals surface area contributed by atoms with Crippen LogP contribution in [-0.2, 0) is 37.0 Å². The first kappa shape index (κ1) is 36.7. The summed E-state index contributed by atoms with van der Waals surface area (Å²) in [6.07, 6.45) is -3.55. The monoisotopic (exact) mass is 709 g/mol. The lowest BCUT2D eigenvalue weighted by Crippen LogP contribution is -2.44. The molecule has 2 heterocycles. The van der Waals surface area contributed by atoms with Gasteiger partial charge in [0.25, 0.3) is 5.91 Å². The summed E-state index contributed by atoms with van der Waals surface area (Å²) in [6, 6.07) is 28.9. The largest absolute Gasteiger partial charge is 0.508 e. The highest BCUT2D eigenvalue weighted by Crippen LogP contribution is 2.42. The summed E-state index contributed by atoms with van der Waals surface area (Å²) in [5.74, 6) is -1.12. The molecule has 6 unspecified atom stereocenters. The SMILES string of the molecule is CC1C(CN(C)CC(O)c2cccc(O)c2)OC(c2cccc(N3C(=O)CC(NC(=O)OCc4ccccc4)C3=O)c2)OC1c1ccc(CO)cc1. The molecule has 4 N–H and O–H groups in total. The number of ether oxygens (including phenoxy) is 3. The predicted molar refractivity (Wildman–Crippen MR) is 191 cm³/mol. The van der Waals surface area contributed by atoms with Gasteiger partial charge >= 0.3 is 6.09 Å². The van der Waals surface area contributed by atoms with Crippen LogP contribution in [0.25, 0.3) is 0 Å². The van der Waals surface area contributed by atoms with Gasteiger partial charge in [0.1, 0.15) is 18.4 Å². The van der Waals surface area contributed by atoms with Gasteiger partial charge in [-0.2, -0.15) is 0 Å². The minimum Gasteiger partial charge on any atom is -0.508 e. The van der Waals surface area contributed by atoms with E-state index in [-0.39, 0.29) is 44.0 Å². The molecule has 12 heteroatoms. The standard InChI is InChI=1S/C40H43N3O9/c1-25-35(22-42(2)21-34(46)29-10-7-13-32(45)19-29)51-39(52-37(25)28-16-14-26(23-44)15-17-28)30-11-6-12-31(18-30)43-36(47)20-33(38(43)48)41-40(49)50-24-27-8-4-3-5-9-27/h3-19,25,33-35,37,39,44-46H,20-24H2,1-2H3,(H,41,49). The van der Waals surface area contributed by atoms with Gasteiger partial charge in [-0.25, -0.2) is 9.69 Å². The lowest BCUT2D eigenvalue weighted by molar-refractivity contribution is -0.276. The number of aliphatic hydroxyl groups excluding tert-OH is 2. The number of hydrogen-bond acceptors (Lipinski definition) is 10. The molecule has 0 saturated carbocycles. The van der Waals surface area contributed by atoms with E-state index in [1.807, 2.05) is 73.5 Å². The van der Waals surface area contributed by atoms with Crippen molar-refractivity contribution in [2.45, 2.75) is 57.2 Å². The fraction of sp³-hybridized carbons (Fsp3) is 0.325. The highest BCUT2D eigenvalue weighted by atomic mass is 16.7. The molecule has 2 aliphatic rings. The maximum absolute atomic E-state index is 13.4. The molecule has 2 aliphatic heterocycles. The van der Waals surface area contributed by atoms with Crippen molar-refractivity contribution in [1.29, 1.82) is 0 Å². The Balaban J connectivity index is 1.18. The van der Waals surface area contributed by atoms with Crippen molar-refractivity contribution in [3.05, 3.63) is 131 Å². The van der Waals surface area contributed by atoms with E-state index in [2.05, 4.69) is 5.32 Å². The number of amides is 3. The van der Waals surface area contributed by atoms with E-state index in [0.717, 1.165) is 21.6 Å². The van der Waals surface area contributed by atoms with Crippen LogP contribution in [0.2, 0.25) is 0 Å². The molecule has 52 heavy (non-hydrogen) atoms. The molecule has 4 aromatic carbocycles. The third-order valence-corrected chi connectivity index (χ3v) is 9.41. The van der Waals surface area contributed by atoms with E-state index < -0.39 is 42.4 Å². The Kier molecular flexibility index (Phi) is 11.6. The summed E-state index contributed by atoms with van der Waals surface area (Å²) in [4.78, 5) is 42.1. The van der Waals surface area contributed by atoms with E-state index in [0.29, 0.717) is 23.4 Å². The van der Waals surface area contributed by atoms with Gasteiger partial charge in [0, 0.05) is 24.6 Å². The van der Waals surface area contributed by atoms with Crippen LogP contribution in [0.3, 0.4) is 0 Å². The van der Waals surface area contributed by atoms with E-state index >= 15 is 0 Å². The Labute approximate surface area is 302 Å². The van der Waals surface area contributed by atoms with Crippen molar-refractivity contribution >= 4 is 23.6 Å². The van der Waals surface area contributed by atoms with Crippen LogP contribution < -0.4 is 10.2 Å². The second-order valence-electron chi connectivity index (χ2n) is 13.3. The molecule has 6 rings (SSSR count). The minimum absolute atomic E-state index is 0.0226. The summed E-state index contributed by atoms with van der Waals surface area (Å²) in [7, 11) is 1.88. The van der Waals surface area contributed by atoms with Crippen molar-refractivity contribution < 1.29 is 43.9 Å². The smallest absolute Gasteiger partial charge is 0.408 e. The maximum Gasteiger partial charge on any atom is 0.408 e. The summed E-state index contributed by atoms with van der Waals surface area (Å²) >= 11 is 0. The van der Waals surface area contributed by atoms with Crippen LogP contribution in [0.4, 0.5) is 10.5 Å². The topological polar surface area (TPSA) is 158 Å². The number of likely N-dealkylation sites (N-methyl/N-ethyl adjacent to an activating group) is 1. The molecule has 3 amide bonds. The van der Waals surface area contributed by atoms with Crippen LogP contribution >= 0.6 is 0 Å². The molecule has 0 radical (unpaired) electrons. The van der Waals surface area contributed by atoms with Crippen LogP contribution in [0.1, 0.15) is 59.7 Å². The Morgan fingerprint density at radius 3 is 2.42 bits per heavy atom. The first-order valence-electron chi connectivity index (χ1n) is 17.2. The molecule has 12 nitrogen and oxygen atoms in total. The number of anilines is 1. The summed E-state index contributed by atoms with van der Waals surface area (Å²) < 4.78 is 18.4. The van der Waals surface area contributed by atoms with Crippen molar-refractivity contribution in [2.24, 2.45) is 5.92 Å². The Morgan fingerprint density at radius 2 is 1.69 bits per heavy atom. The minimum atomic E-state index is -1.08. The number of carbonyl (C=O) groups excluding carboxylic acids is 3. The van der Waals surface area contributed by atoms with Crippen LogP contribution in [0, 0.1) is 5.92 Å². The van der Waals surface area contributed by atoms with Crippen molar-refractivity contribution in [1.82, 2.24) is 10.2 Å². The van der Waals surface area contributed by atoms with Gasteiger partial charge in [-0.3, -0.25) is 9.59 Å². The van der Waals surface area contributed by atoms with Crippen molar-refractivity contribution in [3.8, 4) is 5.75 Å². The van der Waals surface area contributed by atoms with E-state index in [1.165, 1.54) is 6.07 Å². The van der Waals surface area contributed by atoms with Gasteiger partial charge < -0.3 is 39.7 Å². The number of alkyl carbamates (subject to hydrolysis) is 1. The molecular weight excluding hydrogens is 666 g/mol. The van der Waals surface area contributed by atoms with Gasteiger partial charge in [0.2, 0.25) is 5.91 Å². The van der Waals surface area contributed by atoms with Crippen LogP contribution in [-0.4, -0.2) is 70.4 Å². The number of rotatable bonds is 12. The number of carbonyl (C=O) groups is 3. The Hall–Kier alpha value is -5.11. The fourth-order valence-corrected chi connectivity index (χ4v) is 6.58. The average molecular weight is 710 g/mol. The number of imide groups is 1. The van der Waals surface area contributed by atoms with Gasteiger partial charge in [-0.05, 0) is 53.6 Å². The van der Waals surface area contributed by atoms with Gasteiger partial charge in [0.15, 0.2) is 6.29 Å². The number of benzene rings is 4. The highest BCUT2D eigenvalue weighted by molar-refractivity contribution is 6.22. The number of aliphatic hydroxyl groups is 2. The quantitative estimate of drug-likeness (QED) is 0.149. The van der Waals surface area contributed by atoms with Gasteiger partial charge in [-0.15, -0.1) is 0 Å². The number of nitrogens with zero attached hydrogens (tertiary/aromatic N) is 2. The van der Waals surface area contributed by atoms with Crippen LogP contribution in [0.15, 0.2) is 103 Å². The third-order valence-electron chi connectivity index (χ3n) is 9.41. The zero-order valence-electron chi connectivity index (χ0n) is 29.0. The number of aromatic hydroxyl groups is 1. The zero-order valence-corrected chi connectivity index (χ0v) is 29.0. The third kappa shape index (κ3) is 8.67. The van der Waals surface area contributed by atoms with Crippen LogP contribution in [0.5, 0.6) is 5.75 Å². The van der Waals surface area contributed by atoms with Gasteiger partial charge in [0.05, 0.1) is 37.0 Å². The number of hydrogen-bond donors (Lipinski definition) is 4. The molecule has 0 aliphatic carbocycles. The lowest BCUT2D eigenvalue weighted by Gasteiger charge is -2.42. The number of phenolic OH excluding ortho intramolecular Hbond substituents is 1. The van der Waals surface area contributed by atoms with Crippen molar-refractivity contribution in [3.63, 3.8) is 0 Å². The fourth-order valence-electron chi connectivity index (χ4n) is 6.58. The molecule has 2 saturated heterocycles. The zero-order chi connectivity index (χ0) is 36.8. The van der Waals surface area contributed by atoms with Crippen molar-refractivity contribution in [2.75, 3.05) is 25.0 Å². The molecular formula is C40H43N3O9. The lowest BCUT2D eigenvalue weighted by atomic mass is 9.90. The van der Waals surface area contributed by atoms with E-state index in [4.69, 9.17) is 14.2 Å². The molecule has 2 fully saturated rings. The first-order chi connectivity index (χ1) is 25.1. The highest BCUT2D eigenvalue weighted by Gasteiger charge is 2.42. The average Bonchev–Trinajstić information content (AvgIpc) is 3.43. The Morgan fingerprint density at radius 1 is 0.942 bits per heavy atom. The normalized spacial score (nSPS) is 22.4. The molecule has 0 aromatic heterocycles. The molecule has 0 spiro atoms. The second-order valence-corrected chi connectivity index (χ2v) is 13.3. The molecule has 6 atom stereocenters. The second kappa shape index (κ2) is 16.5. The maximum atomic E-state index is 13.4. The van der Waals surface area contributed by atoms with Gasteiger partial charge in [-0.1, -0.05) is 85.8 Å². The number of phenols is 1. The molecule has 4 aromatic rings. The van der Waals surface area contributed by atoms with E-state index in [1.54, 1.807) is 42.5 Å². The number of nitrogens with one attached hydrogen (secondary N) is 1. The van der Waals surface area contributed by atoms with E-state index in [9.17, 15) is 29.7 Å².